The van der Waals surface area contributed by atoms with Gasteiger partial charge in [0.2, 0.25) is 0 Å². The number of hydrogen-bond acceptors (Lipinski definition) is 4. The average molecular weight is 249 g/mol. The van der Waals surface area contributed by atoms with Crippen molar-refractivity contribution in [2.45, 2.75) is 13.0 Å². The first-order valence-electron chi connectivity index (χ1n) is 5.21. The van der Waals surface area contributed by atoms with Crippen LogP contribution in [0.4, 0.5) is 0 Å². The molecule has 0 aliphatic heterocycles. The number of hydrogen-bond donors (Lipinski definition) is 2. The van der Waals surface area contributed by atoms with Crippen molar-refractivity contribution < 1.29 is 0 Å². The van der Waals surface area contributed by atoms with Gasteiger partial charge in [-0.25, -0.2) is 15.4 Å². The molecule has 0 saturated carbocycles. The molecule has 1 atom stereocenters. The zero-order valence-electron chi connectivity index (χ0n) is 9.39. The normalized spacial score (nSPS) is 12.4. The lowest BCUT2D eigenvalue weighted by molar-refractivity contribution is 0.601. The number of aryl methyl sites for hydroxylation is 1. The highest BCUT2D eigenvalue weighted by Gasteiger charge is 2.17. The molecule has 0 spiro atoms. The van der Waals surface area contributed by atoms with E-state index in [2.05, 4.69) is 15.4 Å². The van der Waals surface area contributed by atoms with Crippen LogP contribution in [0.5, 0.6) is 0 Å². The Hall–Kier alpha value is -1.49. The molecule has 1 unspecified atom stereocenters. The van der Waals surface area contributed by atoms with Crippen LogP contribution in [0.3, 0.4) is 0 Å². The summed E-state index contributed by atoms with van der Waals surface area (Å²) in [5.41, 5.74) is 4.55. The van der Waals surface area contributed by atoms with Crippen molar-refractivity contribution in [2.24, 2.45) is 5.84 Å². The predicted octanol–water partition coefficient (Wildman–Crippen LogP) is 1.99. The highest BCUT2D eigenvalue weighted by atomic mass is 35.5. The van der Waals surface area contributed by atoms with Crippen molar-refractivity contribution >= 4 is 11.6 Å². The molecule has 2 aromatic rings. The molecule has 88 valence electrons. The maximum absolute atomic E-state index is 6.13. The predicted molar refractivity (Wildman–Crippen MR) is 67.4 cm³/mol. The van der Waals surface area contributed by atoms with Crippen LogP contribution < -0.4 is 11.3 Å². The summed E-state index contributed by atoms with van der Waals surface area (Å²) in [4.78, 5) is 8.51. The number of benzene rings is 1. The van der Waals surface area contributed by atoms with Gasteiger partial charge in [0.1, 0.15) is 6.04 Å². The maximum Gasteiger partial charge on any atom is 0.150 e. The lowest BCUT2D eigenvalue weighted by Gasteiger charge is -2.16. The van der Waals surface area contributed by atoms with Crippen LogP contribution in [0.2, 0.25) is 5.02 Å². The van der Waals surface area contributed by atoms with E-state index in [1.807, 2.05) is 31.2 Å². The van der Waals surface area contributed by atoms with Crippen molar-refractivity contribution in [3.05, 3.63) is 58.6 Å². The molecule has 1 aromatic carbocycles. The second-order valence-electron chi connectivity index (χ2n) is 3.74. The van der Waals surface area contributed by atoms with Crippen molar-refractivity contribution in [3.8, 4) is 0 Å². The molecule has 0 saturated heterocycles. The van der Waals surface area contributed by atoms with E-state index in [1.54, 1.807) is 12.4 Å². The zero-order valence-corrected chi connectivity index (χ0v) is 10.1. The van der Waals surface area contributed by atoms with Gasteiger partial charge in [0.15, 0.2) is 5.82 Å². The van der Waals surface area contributed by atoms with E-state index in [4.69, 9.17) is 17.4 Å². The van der Waals surface area contributed by atoms with E-state index < -0.39 is 0 Å². The van der Waals surface area contributed by atoms with Gasteiger partial charge in [-0.2, -0.15) is 0 Å². The molecule has 1 heterocycles. The quantitative estimate of drug-likeness (QED) is 0.644. The minimum atomic E-state index is -0.302. The van der Waals surface area contributed by atoms with Crippen molar-refractivity contribution in [1.82, 2.24) is 15.4 Å². The fourth-order valence-electron chi connectivity index (χ4n) is 1.56. The third-order valence-corrected chi connectivity index (χ3v) is 2.79. The second-order valence-corrected chi connectivity index (χ2v) is 4.15. The number of aromatic nitrogens is 2. The minimum Gasteiger partial charge on any atom is -0.270 e. The Bertz CT molecular complexity index is 498. The number of nitrogens with one attached hydrogen (secondary N) is 1. The Kier molecular flexibility index (Phi) is 3.68. The maximum atomic E-state index is 6.13. The van der Waals surface area contributed by atoms with Crippen molar-refractivity contribution in [2.75, 3.05) is 0 Å². The summed E-state index contributed by atoms with van der Waals surface area (Å²) in [5, 5.41) is 0.639. The van der Waals surface area contributed by atoms with Crippen LogP contribution in [0.1, 0.15) is 23.0 Å². The van der Waals surface area contributed by atoms with Crippen LogP contribution >= 0.6 is 11.6 Å². The van der Waals surface area contributed by atoms with Gasteiger partial charge in [-0.3, -0.25) is 5.84 Å². The average Bonchev–Trinajstić information content (AvgIpc) is 2.35. The van der Waals surface area contributed by atoms with Gasteiger partial charge >= 0.3 is 0 Å². The third kappa shape index (κ3) is 2.61. The number of nitrogens with zero attached hydrogens (tertiary/aromatic N) is 2. The fraction of sp³-hybridized carbons (Fsp3) is 0.167. The summed E-state index contributed by atoms with van der Waals surface area (Å²) < 4.78 is 0. The highest BCUT2D eigenvalue weighted by molar-refractivity contribution is 6.31. The Morgan fingerprint density at radius 1 is 1.24 bits per heavy atom. The first kappa shape index (κ1) is 12.0. The van der Waals surface area contributed by atoms with E-state index in [0.29, 0.717) is 10.8 Å². The number of rotatable bonds is 3. The van der Waals surface area contributed by atoms with Crippen molar-refractivity contribution in [1.29, 1.82) is 0 Å². The molecule has 17 heavy (non-hydrogen) atoms. The largest absolute Gasteiger partial charge is 0.270 e. The smallest absolute Gasteiger partial charge is 0.150 e. The lowest BCUT2D eigenvalue weighted by Crippen LogP contribution is -2.30. The lowest BCUT2D eigenvalue weighted by atomic mass is 10.1. The molecule has 0 aliphatic carbocycles. The number of nitrogens with two attached hydrogens (primary N) is 1. The SMILES string of the molecule is Cc1cnc(C(NN)c2ccccc2Cl)nc1. The van der Waals surface area contributed by atoms with E-state index in [-0.39, 0.29) is 6.04 Å². The van der Waals surface area contributed by atoms with Gasteiger partial charge in [0, 0.05) is 17.4 Å². The van der Waals surface area contributed by atoms with Gasteiger partial charge in [-0.15, -0.1) is 0 Å². The summed E-state index contributed by atoms with van der Waals surface area (Å²) >= 11 is 6.13. The Labute approximate surface area is 105 Å². The molecular formula is C12H13ClN4. The van der Waals surface area contributed by atoms with Gasteiger partial charge < -0.3 is 0 Å². The zero-order chi connectivity index (χ0) is 12.3. The molecule has 0 radical (unpaired) electrons. The Morgan fingerprint density at radius 2 is 1.88 bits per heavy atom. The third-order valence-electron chi connectivity index (χ3n) is 2.44. The molecule has 0 bridgehead atoms. The van der Waals surface area contributed by atoms with Crippen LogP contribution in [0.25, 0.3) is 0 Å². The van der Waals surface area contributed by atoms with Crippen LogP contribution in [0, 0.1) is 6.92 Å². The first-order chi connectivity index (χ1) is 8.22. The number of hydrazine groups is 1. The fourth-order valence-corrected chi connectivity index (χ4v) is 1.81. The van der Waals surface area contributed by atoms with Crippen LogP contribution in [0.15, 0.2) is 36.7 Å². The molecule has 5 heteroatoms. The van der Waals surface area contributed by atoms with E-state index in [9.17, 15) is 0 Å². The molecule has 3 N–H and O–H groups in total. The molecule has 2 rings (SSSR count). The molecule has 1 aromatic heterocycles. The summed E-state index contributed by atoms with van der Waals surface area (Å²) in [6.45, 7) is 1.93. The summed E-state index contributed by atoms with van der Waals surface area (Å²) in [7, 11) is 0. The molecular weight excluding hydrogens is 236 g/mol. The number of halogens is 1. The van der Waals surface area contributed by atoms with Gasteiger partial charge in [0.25, 0.3) is 0 Å². The highest BCUT2D eigenvalue weighted by Crippen LogP contribution is 2.25. The Balaban J connectivity index is 2.40. The Morgan fingerprint density at radius 3 is 2.47 bits per heavy atom. The summed E-state index contributed by atoms with van der Waals surface area (Å²) in [6, 6.07) is 7.19. The molecule has 4 nitrogen and oxygen atoms in total. The van der Waals surface area contributed by atoms with E-state index >= 15 is 0 Å². The van der Waals surface area contributed by atoms with Crippen LogP contribution in [-0.2, 0) is 0 Å². The van der Waals surface area contributed by atoms with E-state index in [0.717, 1.165) is 11.1 Å². The molecule has 0 aliphatic rings. The summed E-state index contributed by atoms with van der Waals surface area (Å²) in [5.74, 6) is 6.16. The molecule has 0 amide bonds. The monoisotopic (exact) mass is 248 g/mol. The van der Waals surface area contributed by atoms with Crippen LogP contribution in [-0.4, -0.2) is 9.97 Å². The van der Waals surface area contributed by atoms with Gasteiger partial charge in [0.05, 0.1) is 0 Å². The topological polar surface area (TPSA) is 63.8 Å². The first-order valence-corrected chi connectivity index (χ1v) is 5.59. The van der Waals surface area contributed by atoms with Gasteiger partial charge in [-0.1, -0.05) is 29.8 Å². The van der Waals surface area contributed by atoms with E-state index in [1.165, 1.54) is 0 Å². The summed E-state index contributed by atoms with van der Waals surface area (Å²) in [6.07, 6.45) is 3.51. The van der Waals surface area contributed by atoms with Gasteiger partial charge in [-0.05, 0) is 24.1 Å². The molecule has 0 fully saturated rings. The van der Waals surface area contributed by atoms with Crippen molar-refractivity contribution in [3.63, 3.8) is 0 Å². The second kappa shape index (κ2) is 5.23. The minimum absolute atomic E-state index is 0.302. The standard InChI is InChI=1S/C12H13ClN4/c1-8-6-15-12(16-7-8)11(17-14)9-4-2-3-5-10(9)13/h2-7,11,17H,14H2,1H3.